The van der Waals surface area contributed by atoms with Crippen LogP contribution in [0.15, 0.2) is 12.1 Å². The predicted octanol–water partition coefficient (Wildman–Crippen LogP) is 2.20. The van der Waals surface area contributed by atoms with Crippen LogP contribution in [0, 0.1) is 10.5 Å². The molecule has 1 aliphatic heterocycles. The maximum atomic E-state index is 4.51. The van der Waals surface area contributed by atoms with Gasteiger partial charge in [-0.15, -0.1) is 0 Å². The van der Waals surface area contributed by atoms with E-state index in [4.69, 9.17) is 0 Å². The van der Waals surface area contributed by atoms with E-state index in [-0.39, 0.29) is 0 Å². The second-order valence-corrected chi connectivity index (χ2v) is 4.24. The lowest BCUT2D eigenvalue weighted by Gasteiger charge is -2.32. The molecular formula is C9H11IN2. The van der Waals surface area contributed by atoms with Crippen molar-refractivity contribution in [2.45, 2.75) is 13.3 Å². The van der Waals surface area contributed by atoms with Crippen LogP contribution in [0.3, 0.4) is 0 Å². The first-order valence-corrected chi connectivity index (χ1v) is 5.23. The quantitative estimate of drug-likeness (QED) is 0.730. The first-order chi connectivity index (χ1) is 5.77. The molecular weight excluding hydrogens is 263 g/mol. The summed E-state index contributed by atoms with van der Waals surface area (Å²) < 4.78 is 1.25. The Bertz CT molecular complexity index is 295. The summed E-state index contributed by atoms with van der Waals surface area (Å²) in [6.45, 7) is 4.41. The fourth-order valence-corrected chi connectivity index (χ4v) is 1.55. The van der Waals surface area contributed by atoms with Gasteiger partial charge in [-0.3, -0.25) is 0 Å². The van der Waals surface area contributed by atoms with Crippen molar-refractivity contribution < 1.29 is 0 Å². The van der Waals surface area contributed by atoms with Crippen LogP contribution in [-0.2, 0) is 0 Å². The normalized spacial score (nSPS) is 16.0. The molecule has 1 aromatic heterocycles. The van der Waals surface area contributed by atoms with Crippen LogP contribution >= 0.6 is 22.6 Å². The summed E-state index contributed by atoms with van der Waals surface area (Å²) in [4.78, 5) is 6.82. The molecule has 2 rings (SSSR count). The van der Waals surface area contributed by atoms with E-state index in [9.17, 15) is 0 Å². The molecule has 0 radical (unpaired) electrons. The molecule has 2 nitrogen and oxygen atoms in total. The number of aromatic nitrogens is 1. The summed E-state index contributed by atoms with van der Waals surface area (Å²) >= 11 is 2.31. The van der Waals surface area contributed by atoms with Gasteiger partial charge in [0, 0.05) is 16.7 Å². The van der Waals surface area contributed by atoms with Gasteiger partial charge in [0.25, 0.3) is 0 Å². The average Bonchev–Trinajstić information content (AvgIpc) is 1.93. The van der Waals surface area contributed by atoms with E-state index in [1.54, 1.807) is 0 Å². The third-order valence-electron chi connectivity index (χ3n) is 2.19. The number of hydrogen-bond acceptors (Lipinski definition) is 2. The lowest BCUT2D eigenvalue weighted by atomic mass is 10.2. The summed E-state index contributed by atoms with van der Waals surface area (Å²) in [6, 6.07) is 4.24. The van der Waals surface area contributed by atoms with E-state index in [1.165, 1.54) is 23.1 Å². The summed E-state index contributed by atoms with van der Waals surface area (Å²) in [6.07, 6.45) is 1.31. The molecule has 1 saturated heterocycles. The number of anilines is 1. The van der Waals surface area contributed by atoms with E-state index in [2.05, 4.69) is 51.5 Å². The third kappa shape index (κ3) is 1.42. The molecule has 64 valence electrons. The highest BCUT2D eigenvalue weighted by molar-refractivity contribution is 14.1. The number of rotatable bonds is 1. The monoisotopic (exact) mass is 274 g/mol. The first kappa shape index (κ1) is 8.29. The van der Waals surface area contributed by atoms with Gasteiger partial charge in [0.2, 0.25) is 0 Å². The Morgan fingerprint density at radius 3 is 2.67 bits per heavy atom. The highest BCUT2D eigenvalue weighted by Gasteiger charge is 2.15. The summed E-state index contributed by atoms with van der Waals surface area (Å²) in [5.41, 5.74) is 1.14. The minimum Gasteiger partial charge on any atom is -0.356 e. The highest BCUT2D eigenvalue weighted by Crippen LogP contribution is 2.20. The number of pyridine rings is 1. The number of halogens is 1. The molecule has 0 spiro atoms. The Kier molecular flexibility index (Phi) is 2.21. The molecule has 0 amide bonds. The summed E-state index contributed by atoms with van der Waals surface area (Å²) in [7, 11) is 0. The minimum atomic E-state index is 1.14. The van der Waals surface area contributed by atoms with E-state index >= 15 is 0 Å². The molecule has 1 aliphatic rings. The predicted molar refractivity (Wildman–Crippen MR) is 58.5 cm³/mol. The lowest BCUT2D eigenvalue weighted by Crippen LogP contribution is -2.37. The van der Waals surface area contributed by atoms with Gasteiger partial charge in [0.15, 0.2) is 0 Å². The van der Waals surface area contributed by atoms with Crippen LogP contribution < -0.4 is 4.90 Å². The number of hydrogen-bond donors (Lipinski definition) is 0. The molecule has 0 aromatic carbocycles. The Labute approximate surface area is 86.1 Å². The van der Waals surface area contributed by atoms with E-state index in [0.717, 1.165) is 11.5 Å². The van der Waals surface area contributed by atoms with Crippen LogP contribution in [0.2, 0.25) is 0 Å². The Balaban J connectivity index is 2.27. The molecule has 12 heavy (non-hydrogen) atoms. The Morgan fingerprint density at radius 2 is 2.17 bits per heavy atom. The van der Waals surface area contributed by atoms with Crippen molar-refractivity contribution in [2.24, 2.45) is 0 Å². The van der Waals surface area contributed by atoms with Gasteiger partial charge in [-0.25, -0.2) is 4.98 Å². The van der Waals surface area contributed by atoms with Crippen LogP contribution in [0.25, 0.3) is 0 Å². The largest absolute Gasteiger partial charge is 0.356 e. The van der Waals surface area contributed by atoms with E-state index in [1.807, 2.05) is 0 Å². The van der Waals surface area contributed by atoms with Crippen molar-refractivity contribution in [3.05, 3.63) is 21.4 Å². The van der Waals surface area contributed by atoms with Crippen LogP contribution in [0.1, 0.15) is 12.1 Å². The SMILES string of the molecule is Cc1nc(N2CCC2)ccc1I. The zero-order valence-corrected chi connectivity index (χ0v) is 9.21. The number of nitrogens with zero attached hydrogens (tertiary/aromatic N) is 2. The van der Waals surface area contributed by atoms with E-state index < -0.39 is 0 Å². The molecule has 0 bridgehead atoms. The number of aryl methyl sites for hydroxylation is 1. The van der Waals surface area contributed by atoms with Gasteiger partial charge < -0.3 is 4.90 Å². The van der Waals surface area contributed by atoms with Gasteiger partial charge >= 0.3 is 0 Å². The standard InChI is InChI=1S/C9H11IN2/c1-7-8(10)3-4-9(11-7)12-5-2-6-12/h3-4H,2,5-6H2,1H3. The van der Waals surface area contributed by atoms with Gasteiger partial charge in [-0.05, 0) is 48.1 Å². The van der Waals surface area contributed by atoms with E-state index in [0.29, 0.717) is 0 Å². The topological polar surface area (TPSA) is 16.1 Å². The smallest absolute Gasteiger partial charge is 0.128 e. The molecule has 1 fully saturated rings. The molecule has 2 heterocycles. The molecule has 0 unspecified atom stereocenters. The highest BCUT2D eigenvalue weighted by atomic mass is 127. The first-order valence-electron chi connectivity index (χ1n) is 4.15. The minimum absolute atomic E-state index is 1.14. The molecule has 0 N–H and O–H groups in total. The second kappa shape index (κ2) is 3.20. The zero-order valence-electron chi connectivity index (χ0n) is 7.05. The fourth-order valence-electron chi connectivity index (χ4n) is 1.25. The van der Waals surface area contributed by atoms with Gasteiger partial charge in [0.1, 0.15) is 5.82 Å². The molecule has 0 saturated carbocycles. The molecule has 3 heteroatoms. The summed E-state index contributed by atoms with van der Waals surface area (Å²) in [5.74, 6) is 1.14. The van der Waals surface area contributed by atoms with Crippen molar-refractivity contribution in [1.29, 1.82) is 0 Å². The average molecular weight is 274 g/mol. The Morgan fingerprint density at radius 1 is 1.42 bits per heavy atom. The Hall–Kier alpha value is -0.320. The van der Waals surface area contributed by atoms with Crippen molar-refractivity contribution in [3.8, 4) is 0 Å². The third-order valence-corrected chi connectivity index (χ3v) is 3.33. The van der Waals surface area contributed by atoms with Gasteiger partial charge in [-0.1, -0.05) is 0 Å². The lowest BCUT2D eigenvalue weighted by molar-refractivity contribution is 0.609. The van der Waals surface area contributed by atoms with Gasteiger partial charge in [-0.2, -0.15) is 0 Å². The van der Waals surface area contributed by atoms with Crippen molar-refractivity contribution in [3.63, 3.8) is 0 Å². The zero-order chi connectivity index (χ0) is 8.55. The fraction of sp³-hybridized carbons (Fsp3) is 0.444. The maximum Gasteiger partial charge on any atom is 0.128 e. The van der Waals surface area contributed by atoms with Crippen molar-refractivity contribution in [2.75, 3.05) is 18.0 Å². The van der Waals surface area contributed by atoms with Crippen LogP contribution in [-0.4, -0.2) is 18.1 Å². The molecule has 1 aromatic rings. The van der Waals surface area contributed by atoms with Crippen LogP contribution in [0.4, 0.5) is 5.82 Å². The second-order valence-electron chi connectivity index (χ2n) is 3.08. The van der Waals surface area contributed by atoms with Crippen molar-refractivity contribution in [1.82, 2.24) is 4.98 Å². The van der Waals surface area contributed by atoms with Gasteiger partial charge in [0.05, 0.1) is 5.69 Å². The maximum absolute atomic E-state index is 4.51. The molecule has 0 atom stereocenters. The summed E-state index contributed by atoms with van der Waals surface area (Å²) in [5, 5.41) is 0. The van der Waals surface area contributed by atoms with Crippen molar-refractivity contribution >= 4 is 28.4 Å². The molecule has 0 aliphatic carbocycles. The van der Waals surface area contributed by atoms with Crippen LogP contribution in [0.5, 0.6) is 0 Å².